The molecule has 0 radical (unpaired) electrons. The highest BCUT2D eigenvalue weighted by atomic mass is 19.2. The summed E-state index contributed by atoms with van der Waals surface area (Å²) in [5, 5.41) is 0. The number of benzene rings is 1. The van der Waals surface area contributed by atoms with Crippen molar-refractivity contribution in [3.63, 3.8) is 0 Å². The molecular weight excluding hydrogens is 264 g/mol. The number of halogens is 4. The van der Waals surface area contributed by atoms with Crippen LogP contribution in [-0.4, -0.2) is 5.97 Å². The van der Waals surface area contributed by atoms with E-state index in [9.17, 15) is 22.4 Å². The zero-order chi connectivity index (χ0) is 14.8. The predicted molar refractivity (Wildman–Crippen MR) is 60.1 cm³/mol. The summed E-state index contributed by atoms with van der Waals surface area (Å²) in [6.07, 6.45) is 0.453. The van der Waals surface area contributed by atoms with Gasteiger partial charge in [0.1, 0.15) is 6.61 Å². The maximum absolute atomic E-state index is 13.3. The lowest BCUT2D eigenvalue weighted by Gasteiger charge is -2.20. The third-order valence-electron chi connectivity index (χ3n) is 2.99. The van der Waals surface area contributed by atoms with Crippen molar-refractivity contribution in [1.82, 2.24) is 0 Å². The van der Waals surface area contributed by atoms with Gasteiger partial charge in [-0.15, -0.1) is 0 Å². The fraction of sp³-hybridized carbons (Fsp3) is 0.462. The molecule has 0 atom stereocenters. The summed E-state index contributed by atoms with van der Waals surface area (Å²) in [6.45, 7) is 4.07. The topological polar surface area (TPSA) is 26.3 Å². The van der Waals surface area contributed by atoms with Gasteiger partial charge < -0.3 is 4.74 Å². The first-order valence-corrected chi connectivity index (χ1v) is 5.69. The van der Waals surface area contributed by atoms with Crippen LogP contribution in [0.2, 0.25) is 0 Å². The fourth-order valence-electron chi connectivity index (χ4n) is 1.23. The Morgan fingerprint density at radius 1 is 1.16 bits per heavy atom. The monoisotopic (exact) mass is 278 g/mol. The van der Waals surface area contributed by atoms with Crippen LogP contribution in [0.1, 0.15) is 32.8 Å². The average Bonchev–Trinajstić information content (AvgIpc) is 2.36. The Labute approximate surface area is 108 Å². The molecule has 0 bridgehead atoms. The zero-order valence-electron chi connectivity index (χ0n) is 10.8. The first kappa shape index (κ1) is 15.5. The normalized spacial score (nSPS) is 11.5. The molecule has 0 aliphatic heterocycles. The van der Waals surface area contributed by atoms with Gasteiger partial charge in [-0.25, -0.2) is 17.6 Å². The van der Waals surface area contributed by atoms with Crippen molar-refractivity contribution in [3.8, 4) is 0 Å². The van der Waals surface area contributed by atoms with Crippen LogP contribution in [-0.2, 0) is 16.1 Å². The predicted octanol–water partition coefficient (Wildman–Crippen LogP) is 3.72. The summed E-state index contributed by atoms with van der Waals surface area (Å²) in [4.78, 5) is 11.6. The van der Waals surface area contributed by atoms with E-state index in [0.29, 0.717) is 6.42 Å². The smallest absolute Gasteiger partial charge is 0.311 e. The highest BCUT2D eigenvalue weighted by Gasteiger charge is 2.28. The van der Waals surface area contributed by atoms with Crippen LogP contribution >= 0.6 is 0 Å². The minimum Gasteiger partial charge on any atom is -0.460 e. The van der Waals surface area contributed by atoms with Crippen molar-refractivity contribution >= 4 is 5.97 Å². The van der Waals surface area contributed by atoms with Crippen LogP contribution in [0.25, 0.3) is 0 Å². The first-order valence-electron chi connectivity index (χ1n) is 5.69. The molecule has 6 heteroatoms. The molecule has 0 amide bonds. The number of hydrogen-bond donors (Lipinski definition) is 0. The van der Waals surface area contributed by atoms with Gasteiger partial charge >= 0.3 is 5.97 Å². The van der Waals surface area contributed by atoms with E-state index in [1.54, 1.807) is 20.8 Å². The van der Waals surface area contributed by atoms with E-state index < -0.39 is 46.8 Å². The molecule has 0 saturated carbocycles. The summed E-state index contributed by atoms with van der Waals surface area (Å²) in [7, 11) is 0. The molecule has 0 aliphatic carbocycles. The summed E-state index contributed by atoms with van der Waals surface area (Å²) in [5.41, 5.74) is -1.77. The molecule has 0 saturated heterocycles. The van der Waals surface area contributed by atoms with Gasteiger partial charge in [-0.3, -0.25) is 4.79 Å². The number of carbonyl (C=O) groups is 1. The van der Waals surface area contributed by atoms with Crippen LogP contribution in [0.15, 0.2) is 6.07 Å². The van der Waals surface area contributed by atoms with Gasteiger partial charge in [0.25, 0.3) is 0 Å². The van der Waals surface area contributed by atoms with Gasteiger partial charge in [-0.2, -0.15) is 0 Å². The van der Waals surface area contributed by atoms with Crippen LogP contribution in [0, 0.1) is 28.7 Å². The third-order valence-corrected chi connectivity index (χ3v) is 2.99. The number of esters is 1. The van der Waals surface area contributed by atoms with E-state index in [1.165, 1.54) is 0 Å². The molecule has 0 heterocycles. The van der Waals surface area contributed by atoms with Gasteiger partial charge in [-0.1, -0.05) is 6.92 Å². The Hall–Kier alpha value is -1.59. The number of rotatable bonds is 4. The van der Waals surface area contributed by atoms with E-state index >= 15 is 0 Å². The number of hydrogen-bond acceptors (Lipinski definition) is 2. The van der Waals surface area contributed by atoms with E-state index in [1.807, 2.05) is 0 Å². The highest BCUT2D eigenvalue weighted by molar-refractivity contribution is 5.75. The lowest BCUT2D eigenvalue weighted by molar-refractivity contribution is -0.155. The molecule has 1 aromatic carbocycles. The second-order valence-electron chi connectivity index (χ2n) is 4.76. The van der Waals surface area contributed by atoms with Gasteiger partial charge in [0.15, 0.2) is 23.3 Å². The lowest BCUT2D eigenvalue weighted by Crippen LogP contribution is -2.26. The molecule has 0 aliphatic rings. The molecule has 0 unspecified atom stereocenters. The van der Waals surface area contributed by atoms with Crippen molar-refractivity contribution in [2.45, 2.75) is 33.8 Å². The second kappa shape index (κ2) is 5.59. The zero-order valence-corrected chi connectivity index (χ0v) is 10.8. The fourth-order valence-corrected chi connectivity index (χ4v) is 1.23. The third kappa shape index (κ3) is 3.24. The van der Waals surface area contributed by atoms with E-state index in [4.69, 9.17) is 4.74 Å². The Bertz CT molecular complexity index is 472. The minimum atomic E-state index is -1.55. The van der Waals surface area contributed by atoms with E-state index in [0.717, 1.165) is 0 Å². The molecule has 0 spiro atoms. The van der Waals surface area contributed by atoms with Crippen molar-refractivity contribution in [3.05, 3.63) is 34.9 Å². The van der Waals surface area contributed by atoms with E-state index in [-0.39, 0.29) is 6.07 Å². The molecular formula is C13H14F4O2. The molecule has 1 rings (SSSR count). The van der Waals surface area contributed by atoms with E-state index in [2.05, 4.69) is 0 Å². The largest absolute Gasteiger partial charge is 0.460 e. The lowest BCUT2D eigenvalue weighted by atomic mass is 9.91. The first-order chi connectivity index (χ1) is 8.70. The van der Waals surface area contributed by atoms with Crippen molar-refractivity contribution in [2.24, 2.45) is 5.41 Å². The Morgan fingerprint density at radius 3 is 2.05 bits per heavy atom. The minimum absolute atomic E-state index is 0.103. The number of ether oxygens (including phenoxy) is 1. The summed E-state index contributed by atoms with van der Waals surface area (Å²) in [5.74, 6) is -6.86. The Balaban J connectivity index is 2.93. The maximum atomic E-state index is 13.3. The molecule has 0 fully saturated rings. The summed E-state index contributed by atoms with van der Waals surface area (Å²) < 4.78 is 57.1. The number of carbonyl (C=O) groups excluding carboxylic acids is 1. The van der Waals surface area contributed by atoms with Crippen LogP contribution in [0.5, 0.6) is 0 Å². The second-order valence-corrected chi connectivity index (χ2v) is 4.76. The molecule has 19 heavy (non-hydrogen) atoms. The SMILES string of the molecule is CCC(C)(C)C(=O)OCc1c(F)c(F)cc(F)c1F. The van der Waals surface area contributed by atoms with Crippen LogP contribution in [0.3, 0.4) is 0 Å². The van der Waals surface area contributed by atoms with Crippen molar-refractivity contribution in [2.75, 3.05) is 0 Å². The average molecular weight is 278 g/mol. The quantitative estimate of drug-likeness (QED) is 0.476. The molecule has 1 aromatic rings. The molecule has 106 valence electrons. The Kier molecular flexibility index (Phi) is 4.55. The van der Waals surface area contributed by atoms with Crippen LogP contribution in [0.4, 0.5) is 17.6 Å². The van der Waals surface area contributed by atoms with Crippen molar-refractivity contribution < 1.29 is 27.1 Å². The Morgan fingerprint density at radius 2 is 1.63 bits per heavy atom. The standard InChI is InChI=1S/C13H14F4O2/c1-4-13(2,3)12(18)19-6-7-10(16)8(14)5-9(15)11(7)17/h5H,4,6H2,1-3H3. The van der Waals surface area contributed by atoms with Crippen molar-refractivity contribution in [1.29, 1.82) is 0 Å². The van der Waals surface area contributed by atoms with Gasteiger partial charge in [0.2, 0.25) is 0 Å². The molecule has 0 N–H and O–H groups in total. The van der Waals surface area contributed by atoms with Gasteiger partial charge in [0, 0.05) is 6.07 Å². The van der Waals surface area contributed by atoms with Crippen LogP contribution < -0.4 is 0 Å². The highest BCUT2D eigenvalue weighted by Crippen LogP contribution is 2.24. The summed E-state index contributed by atoms with van der Waals surface area (Å²) in [6, 6.07) is 0.103. The maximum Gasteiger partial charge on any atom is 0.311 e. The molecule has 2 nitrogen and oxygen atoms in total. The van der Waals surface area contributed by atoms with Gasteiger partial charge in [0.05, 0.1) is 11.0 Å². The molecule has 0 aromatic heterocycles. The van der Waals surface area contributed by atoms with Gasteiger partial charge in [-0.05, 0) is 20.3 Å². The summed E-state index contributed by atoms with van der Waals surface area (Å²) >= 11 is 0.